The molecule has 0 atom stereocenters. The third-order valence-electron chi connectivity index (χ3n) is 3.86. The van der Waals surface area contributed by atoms with Crippen LogP contribution < -0.4 is 0 Å². The zero-order valence-electron chi connectivity index (χ0n) is 12.4. The highest BCUT2D eigenvalue weighted by molar-refractivity contribution is 9.10. The Kier molecular flexibility index (Phi) is 3.78. The molecule has 0 spiro atoms. The molecule has 0 radical (unpaired) electrons. The fourth-order valence-electron chi connectivity index (χ4n) is 2.65. The van der Waals surface area contributed by atoms with Crippen molar-refractivity contribution < 1.29 is 9.59 Å². The van der Waals surface area contributed by atoms with Gasteiger partial charge in [0.2, 0.25) is 0 Å². The van der Waals surface area contributed by atoms with E-state index >= 15 is 0 Å². The molecule has 1 aromatic heterocycles. The van der Waals surface area contributed by atoms with Crippen LogP contribution in [0, 0.1) is 0 Å². The number of amides is 2. The zero-order valence-corrected chi connectivity index (χ0v) is 14.8. The van der Waals surface area contributed by atoms with Gasteiger partial charge in [0.05, 0.1) is 23.4 Å². The van der Waals surface area contributed by atoms with Gasteiger partial charge in [-0.3, -0.25) is 14.5 Å². The molecule has 1 aliphatic heterocycles. The monoisotopic (exact) mass is 398 g/mol. The number of aromatic nitrogens is 1. The zero-order chi connectivity index (χ0) is 16.7. The summed E-state index contributed by atoms with van der Waals surface area (Å²) in [6.45, 7) is 0.202. The summed E-state index contributed by atoms with van der Waals surface area (Å²) in [4.78, 5) is 30.6. The highest BCUT2D eigenvalue weighted by Gasteiger charge is 2.35. The lowest BCUT2D eigenvalue weighted by atomic mass is 10.1. The highest BCUT2D eigenvalue weighted by atomic mass is 79.9. The lowest BCUT2D eigenvalue weighted by Gasteiger charge is -2.11. The van der Waals surface area contributed by atoms with Gasteiger partial charge in [0.1, 0.15) is 5.01 Å². The first-order valence-corrected chi connectivity index (χ1v) is 8.96. The molecule has 2 amide bonds. The van der Waals surface area contributed by atoms with Crippen LogP contribution in [0.1, 0.15) is 25.7 Å². The van der Waals surface area contributed by atoms with Gasteiger partial charge in [-0.2, -0.15) is 0 Å². The molecule has 0 bridgehead atoms. The minimum absolute atomic E-state index is 0.202. The smallest absolute Gasteiger partial charge is 0.261 e. The molecule has 3 aromatic rings. The fourth-order valence-corrected chi connectivity index (χ4v) is 3.71. The van der Waals surface area contributed by atoms with Crippen LogP contribution in [-0.4, -0.2) is 21.7 Å². The van der Waals surface area contributed by atoms with Crippen LogP contribution in [0.15, 0.2) is 58.4 Å². The maximum Gasteiger partial charge on any atom is 0.261 e. The molecule has 24 heavy (non-hydrogen) atoms. The van der Waals surface area contributed by atoms with Crippen molar-refractivity contribution in [3.63, 3.8) is 0 Å². The molecule has 0 aliphatic carbocycles. The van der Waals surface area contributed by atoms with Crippen molar-refractivity contribution in [3.05, 3.63) is 74.5 Å². The Bertz CT molecular complexity index is 915. The van der Waals surface area contributed by atoms with Gasteiger partial charge in [0.15, 0.2) is 0 Å². The van der Waals surface area contributed by atoms with Crippen molar-refractivity contribution in [2.45, 2.75) is 6.54 Å². The molecular weight excluding hydrogens is 388 g/mol. The topological polar surface area (TPSA) is 50.3 Å². The Balaban J connectivity index is 1.58. The molecule has 6 heteroatoms. The second kappa shape index (κ2) is 5.96. The van der Waals surface area contributed by atoms with E-state index in [1.165, 1.54) is 16.2 Å². The lowest BCUT2D eigenvalue weighted by Crippen LogP contribution is -2.29. The number of fused-ring (bicyclic) bond motifs is 1. The van der Waals surface area contributed by atoms with E-state index in [1.807, 2.05) is 29.6 Å². The largest absolute Gasteiger partial charge is 0.269 e. The van der Waals surface area contributed by atoms with Crippen LogP contribution in [0.25, 0.3) is 11.3 Å². The molecule has 1 aliphatic rings. The third kappa shape index (κ3) is 2.57. The van der Waals surface area contributed by atoms with Crippen LogP contribution in [0.2, 0.25) is 0 Å². The first kappa shape index (κ1) is 15.2. The van der Waals surface area contributed by atoms with Crippen molar-refractivity contribution in [2.24, 2.45) is 0 Å². The van der Waals surface area contributed by atoms with Gasteiger partial charge in [0.25, 0.3) is 11.8 Å². The Hall–Kier alpha value is -2.31. The second-order valence-corrected chi connectivity index (χ2v) is 7.23. The maximum atomic E-state index is 12.4. The van der Waals surface area contributed by atoms with E-state index < -0.39 is 0 Å². The SMILES string of the molecule is O=C1c2ccccc2C(=O)N1Cc1nc(-c2ccc(Br)cc2)cs1. The fraction of sp³-hybridized carbons (Fsp3) is 0.0556. The molecule has 118 valence electrons. The summed E-state index contributed by atoms with van der Waals surface area (Å²) in [5.41, 5.74) is 2.78. The summed E-state index contributed by atoms with van der Waals surface area (Å²) in [5.74, 6) is -0.507. The summed E-state index contributed by atoms with van der Waals surface area (Å²) in [6, 6.07) is 14.8. The Morgan fingerprint density at radius 3 is 2.21 bits per heavy atom. The average molecular weight is 399 g/mol. The van der Waals surface area contributed by atoms with Gasteiger partial charge in [0, 0.05) is 15.4 Å². The third-order valence-corrected chi connectivity index (χ3v) is 5.23. The molecule has 4 rings (SSSR count). The number of hydrogen-bond donors (Lipinski definition) is 0. The van der Waals surface area contributed by atoms with Crippen LogP contribution in [-0.2, 0) is 6.54 Å². The molecular formula is C18H11BrN2O2S. The van der Waals surface area contributed by atoms with Crippen LogP contribution >= 0.6 is 27.3 Å². The number of thiazole rings is 1. The maximum absolute atomic E-state index is 12.4. The number of rotatable bonds is 3. The summed E-state index contributed by atoms with van der Waals surface area (Å²) < 4.78 is 1.01. The highest BCUT2D eigenvalue weighted by Crippen LogP contribution is 2.27. The first-order chi connectivity index (χ1) is 11.6. The van der Waals surface area contributed by atoms with Crippen molar-refractivity contribution >= 4 is 39.1 Å². The van der Waals surface area contributed by atoms with E-state index in [9.17, 15) is 9.59 Å². The Morgan fingerprint density at radius 1 is 0.958 bits per heavy atom. The summed E-state index contributed by atoms with van der Waals surface area (Å²) in [7, 11) is 0. The molecule has 0 saturated carbocycles. The van der Waals surface area contributed by atoms with E-state index in [0.29, 0.717) is 11.1 Å². The second-order valence-electron chi connectivity index (χ2n) is 5.38. The van der Waals surface area contributed by atoms with E-state index in [4.69, 9.17) is 0 Å². The lowest BCUT2D eigenvalue weighted by molar-refractivity contribution is 0.0642. The molecule has 2 heterocycles. The summed E-state index contributed by atoms with van der Waals surface area (Å²) in [5, 5.41) is 2.68. The molecule has 0 N–H and O–H groups in total. The van der Waals surface area contributed by atoms with Crippen LogP contribution in [0.3, 0.4) is 0 Å². The Morgan fingerprint density at radius 2 is 1.58 bits per heavy atom. The predicted octanol–water partition coefficient (Wildman–Crippen LogP) is 4.37. The van der Waals surface area contributed by atoms with E-state index in [-0.39, 0.29) is 18.4 Å². The number of benzene rings is 2. The molecule has 0 saturated heterocycles. The van der Waals surface area contributed by atoms with Crippen molar-refractivity contribution in [2.75, 3.05) is 0 Å². The number of carbonyl (C=O) groups is 2. The number of carbonyl (C=O) groups excluding carboxylic acids is 2. The Labute approximate surface area is 150 Å². The van der Waals surface area contributed by atoms with E-state index in [0.717, 1.165) is 20.7 Å². The van der Waals surface area contributed by atoms with Crippen molar-refractivity contribution in [1.29, 1.82) is 0 Å². The summed E-state index contributed by atoms with van der Waals surface area (Å²) in [6.07, 6.45) is 0. The predicted molar refractivity (Wildman–Crippen MR) is 95.9 cm³/mol. The molecule has 4 nitrogen and oxygen atoms in total. The van der Waals surface area contributed by atoms with Crippen molar-refractivity contribution in [1.82, 2.24) is 9.88 Å². The normalized spacial score (nSPS) is 13.5. The van der Waals surface area contributed by atoms with E-state index in [1.54, 1.807) is 24.3 Å². The molecule has 0 fully saturated rings. The number of nitrogens with zero attached hydrogens (tertiary/aromatic N) is 2. The minimum Gasteiger partial charge on any atom is -0.269 e. The van der Waals surface area contributed by atoms with Gasteiger partial charge in [-0.1, -0.05) is 40.2 Å². The van der Waals surface area contributed by atoms with Gasteiger partial charge in [-0.05, 0) is 24.3 Å². The number of imide groups is 1. The molecule has 2 aromatic carbocycles. The van der Waals surface area contributed by atoms with Gasteiger partial charge in [-0.15, -0.1) is 11.3 Å². The minimum atomic E-state index is -0.254. The standard InChI is InChI=1S/C18H11BrN2O2S/c19-12-7-5-11(6-8-12)15-10-24-16(20-15)9-21-17(22)13-3-1-2-4-14(13)18(21)23/h1-8,10H,9H2. The van der Waals surface area contributed by atoms with Gasteiger partial charge >= 0.3 is 0 Å². The average Bonchev–Trinajstić information content (AvgIpc) is 3.16. The van der Waals surface area contributed by atoms with E-state index in [2.05, 4.69) is 20.9 Å². The summed E-state index contributed by atoms with van der Waals surface area (Å²) >= 11 is 4.86. The first-order valence-electron chi connectivity index (χ1n) is 7.29. The quantitative estimate of drug-likeness (QED) is 0.615. The number of halogens is 1. The van der Waals surface area contributed by atoms with Crippen molar-refractivity contribution in [3.8, 4) is 11.3 Å². The van der Waals surface area contributed by atoms with Crippen LogP contribution in [0.4, 0.5) is 0 Å². The molecule has 0 unspecified atom stereocenters. The number of hydrogen-bond acceptors (Lipinski definition) is 4. The van der Waals surface area contributed by atoms with Crippen LogP contribution in [0.5, 0.6) is 0 Å². The van der Waals surface area contributed by atoms with Gasteiger partial charge in [-0.25, -0.2) is 4.98 Å². The van der Waals surface area contributed by atoms with Gasteiger partial charge < -0.3 is 0 Å².